The molecule has 0 aromatic heterocycles. The van der Waals surface area contributed by atoms with Crippen LogP contribution in [0, 0.1) is 13.8 Å². The van der Waals surface area contributed by atoms with Gasteiger partial charge in [0.05, 0.1) is 0 Å². The maximum absolute atomic E-state index is 12.6. The monoisotopic (exact) mass is 318 g/mol. The van der Waals surface area contributed by atoms with Crippen LogP contribution in [0.2, 0.25) is 0 Å². The Kier molecular flexibility index (Phi) is 7.00. The Bertz CT molecular complexity index is 597. The summed E-state index contributed by atoms with van der Waals surface area (Å²) in [6, 6.07) is 11.4. The van der Waals surface area contributed by atoms with Crippen LogP contribution >= 0.6 is 0 Å². The van der Waals surface area contributed by atoms with E-state index in [2.05, 4.69) is 0 Å². The molecule has 0 aliphatic rings. The van der Waals surface area contributed by atoms with E-state index in [1.165, 1.54) is 6.07 Å². The number of hydrogen-bond acceptors (Lipinski definition) is 1. The van der Waals surface area contributed by atoms with Gasteiger partial charge in [0.2, 0.25) is 0 Å². The molecule has 2 aromatic rings. The van der Waals surface area contributed by atoms with Gasteiger partial charge in [-0.25, -0.2) is 0 Å². The van der Waals surface area contributed by atoms with Gasteiger partial charge < -0.3 is 17.7 Å². The summed E-state index contributed by atoms with van der Waals surface area (Å²) in [4.78, 5) is 0. The van der Waals surface area contributed by atoms with Gasteiger partial charge in [0.1, 0.15) is 12.4 Å². The Hall–Kier alpha value is -0.269. The SMILES string of the molecule is Cc1ccc(COc2ccc([B-](F)(F)F)cc2C)cc1.[K+]. The zero-order valence-electron chi connectivity index (χ0n) is 12.4. The molecule has 21 heavy (non-hydrogen) atoms. The zero-order valence-corrected chi connectivity index (χ0v) is 15.5. The van der Waals surface area contributed by atoms with Gasteiger partial charge in [-0.3, -0.25) is 0 Å². The minimum absolute atomic E-state index is 0. The van der Waals surface area contributed by atoms with Crippen LogP contribution in [0.5, 0.6) is 5.75 Å². The largest absolute Gasteiger partial charge is 1.00 e. The topological polar surface area (TPSA) is 9.23 Å². The van der Waals surface area contributed by atoms with Gasteiger partial charge >= 0.3 is 58.4 Å². The molecule has 0 aliphatic heterocycles. The first-order valence-electron chi connectivity index (χ1n) is 6.35. The van der Waals surface area contributed by atoms with E-state index >= 15 is 0 Å². The van der Waals surface area contributed by atoms with Gasteiger partial charge in [-0.15, -0.1) is 5.46 Å². The summed E-state index contributed by atoms with van der Waals surface area (Å²) in [5.41, 5.74) is 2.04. The minimum atomic E-state index is -4.96. The minimum Gasteiger partial charge on any atom is -0.489 e. The third kappa shape index (κ3) is 5.45. The van der Waals surface area contributed by atoms with E-state index in [0.29, 0.717) is 17.9 Å². The normalized spacial score (nSPS) is 10.9. The van der Waals surface area contributed by atoms with Gasteiger partial charge in [0.25, 0.3) is 0 Å². The first kappa shape index (κ1) is 18.8. The number of hydrogen-bond donors (Lipinski definition) is 0. The number of aryl methyl sites for hydroxylation is 2. The molecule has 6 heteroatoms. The maximum atomic E-state index is 12.6. The molecule has 0 radical (unpaired) electrons. The van der Waals surface area contributed by atoms with Crippen LogP contribution in [-0.2, 0) is 6.61 Å². The first-order chi connectivity index (χ1) is 9.36. The maximum Gasteiger partial charge on any atom is 1.00 e. The molecular weight excluding hydrogens is 303 g/mol. The summed E-state index contributed by atoms with van der Waals surface area (Å²) in [5, 5.41) is 0. The molecule has 1 nitrogen and oxygen atoms in total. The van der Waals surface area contributed by atoms with Crippen molar-refractivity contribution in [2.45, 2.75) is 20.5 Å². The van der Waals surface area contributed by atoms with Crippen LogP contribution in [0.25, 0.3) is 0 Å². The predicted octanol–water partition coefficient (Wildman–Crippen LogP) is 0.941. The Labute approximate surface area is 165 Å². The molecule has 0 amide bonds. The molecule has 0 saturated carbocycles. The van der Waals surface area contributed by atoms with Crippen LogP contribution < -0.4 is 61.6 Å². The molecule has 0 bridgehead atoms. The molecule has 2 aromatic carbocycles. The summed E-state index contributed by atoms with van der Waals surface area (Å²) < 4.78 is 43.4. The second-order valence-corrected chi connectivity index (χ2v) is 4.87. The van der Waals surface area contributed by atoms with E-state index in [-0.39, 0.29) is 51.4 Å². The van der Waals surface area contributed by atoms with Crippen LogP contribution in [0.3, 0.4) is 0 Å². The fraction of sp³-hybridized carbons (Fsp3) is 0.200. The fourth-order valence-corrected chi connectivity index (χ4v) is 1.88. The molecule has 0 spiro atoms. The van der Waals surface area contributed by atoms with E-state index in [1.54, 1.807) is 6.92 Å². The van der Waals surface area contributed by atoms with Gasteiger partial charge in [-0.05, 0) is 31.0 Å². The van der Waals surface area contributed by atoms with Crippen molar-refractivity contribution in [2.24, 2.45) is 0 Å². The molecule has 106 valence electrons. The summed E-state index contributed by atoms with van der Waals surface area (Å²) >= 11 is 0. The Morgan fingerprint density at radius 3 is 2.10 bits per heavy atom. The zero-order chi connectivity index (χ0) is 14.8. The number of benzene rings is 2. The summed E-state index contributed by atoms with van der Waals surface area (Å²) in [6.07, 6.45) is 0. The number of halogens is 3. The average Bonchev–Trinajstić information content (AvgIpc) is 2.38. The Balaban J connectivity index is 0.00000220. The molecule has 0 saturated heterocycles. The van der Waals surface area contributed by atoms with Crippen LogP contribution in [0.4, 0.5) is 12.9 Å². The molecule has 0 aliphatic carbocycles. The van der Waals surface area contributed by atoms with Crippen molar-refractivity contribution in [3.05, 3.63) is 59.2 Å². The van der Waals surface area contributed by atoms with Crippen LogP contribution in [0.1, 0.15) is 16.7 Å². The summed E-state index contributed by atoms with van der Waals surface area (Å²) in [6.45, 7) is -0.999. The van der Waals surface area contributed by atoms with E-state index in [0.717, 1.165) is 23.3 Å². The van der Waals surface area contributed by atoms with E-state index in [9.17, 15) is 12.9 Å². The predicted molar refractivity (Wildman–Crippen MR) is 75.4 cm³/mol. The molecule has 0 unspecified atom stereocenters. The van der Waals surface area contributed by atoms with Crippen molar-refractivity contribution in [3.8, 4) is 5.75 Å². The third-order valence-electron chi connectivity index (χ3n) is 3.09. The summed E-state index contributed by atoms with van der Waals surface area (Å²) in [7, 11) is 0. The number of rotatable bonds is 4. The van der Waals surface area contributed by atoms with Crippen molar-refractivity contribution in [1.29, 1.82) is 0 Å². The van der Waals surface area contributed by atoms with E-state index in [1.807, 2.05) is 31.2 Å². The quantitative estimate of drug-likeness (QED) is 0.763. The van der Waals surface area contributed by atoms with Crippen LogP contribution in [-0.4, -0.2) is 6.98 Å². The van der Waals surface area contributed by atoms with Gasteiger partial charge in [-0.2, -0.15) is 0 Å². The number of ether oxygens (including phenoxy) is 1. The second-order valence-electron chi connectivity index (χ2n) is 4.87. The Morgan fingerprint density at radius 1 is 0.952 bits per heavy atom. The van der Waals surface area contributed by atoms with Crippen molar-refractivity contribution < 1.29 is 69.1 Å². The molecular formula is C15H15BF3KO. The van der Waals surface area contributed by atoms with Gasteiger partial charge in [0, 0.05) is 0 Å². The second kappa shape index (κ2) is 7.83. The molecule has 0 fully saturated rings. The fourth-order valence-electron chi connectivity index (χ4n) is 1.88. The van der Waals surface area contributed by atoms with Crippen molar-refractivity contribution >= 4 is 12.4 Å². The summed E-state index contributed by atoms with van der Waals surface area (Å²) in [5.74, 6) is 0.481. The molecule has 0 atom stereocenters. The Morgan fingerprint density at radius 2 is 1.57 bits per heavy atom. The van der Waals surface area contributed by atoms with E-state index < -0.39 is 12.4 Å². The standard InChI is InChI=1S/C15H15BF3O.K/c1-11-3-5-13(6-4-11)10-20-15-8-7-14(9-12(15)2)16(17,18)19;/h3-9H,10H2,1-2H3;/q-1;+1. The van der Waals surface area contributed by atoms with Gasteiger partial charge in [0.15, 0.2) is 0 Å². The van der Waals surface area contributed by atoms with E-state index in [4.69, 9.17) is 4.74 Å². The van der Waals surface area contributed by atoms with Crippen molar-refractivity contribution in [1.82, 2.24) is 0 Å². The average molecular weight is 318 g/mol. The van der Waals surface area contributed by atoms with Gasteiger partial charge in [-0.1, -0.05) is 42.0 Å². The molecule has 0 heterocycles. The van der Waals surface area contributed by atoms with Crippen molar-refractivity contribution in [2.75, 3.05) is 0 Å². The first-order valence-corrected chi connectivity index (χ1v) is 6.35. The third-order valence-corrected chi connectivity index (χ3v) is 3.09. The molecule has 2 rings (SSSR count). The van der Waals surface area contributed by atoms with Crippen LogP contribution in [0.15, 0.2) is 42.5 Å². The smallest absolute Gasteiger partial charge is 0.489 e. The molecule has 0 N–H and O–H groups in total. The van der Waals surface area contributed by atoms with Crippen molar-refractivity contribution in [3.63, 3.8) is 0 Å².